The van der Waals surface area contributed by atoms with E-state index in [-0.39, 0.29) is 11.9 Å². The van der Waals surface area contributed by atoms with E-state index >= 15 is 0 Å². The van der Waals surface area contributed by atoms with Crippen LogP contribution in [0.4, 0.5) is 0 Å². The maximum Gasteiger partial charge on any atom is 0.251 e. The summed E-state index contributed by atoms with van der Waals surface area (Å²) in [7, 11) is 0. The van der Waals surface area contributed by atoms with Crippen molar-refractivity contribution >= 4 is 28.4 Å². The number of rotatable bonds is 5. The van der Waals surface area contributed by atoms with E-state index in [1.54, 1.807) is 12.5 Å². The van der Waals surface area contributed by atoms with Crippen LogP contribution in [0.1, 0.15) is 22.0 Å². The number of hydrogen-bond donors (Lipinski definition) is 1. The zero-order valence-corrected chi connectivity index (χ0v) is 15.4. The Morgan fingerprint density at radius 2 is 1.92 bits per heavy atom. The highest BCUT2D eigenvalue weighted by molar-refractivity contribution is 7.99. The lowest BCUT2D eigenvalue weighted by molar-refractivity contribution is 0.0936. The number of fused-ring (bicyclic) bond motifs is 1. The number of amides is 1. The van der Waals surface area contributed by atoms with Gasteiger partial charge in [-0.2, -0.15) is 11.8 Å². The van der Waals surface area contributed by atoms with Crippen LogP contribution in [0.25, 0.3) is 10.8 Å². The number of benzene rings is 2. The Hall–Kier alpha value is -2.24. The molecule has 1 N–H and O–H groups in total. The third-order valence-electron chi connectivity index (χ3n) is 4.90. The van der Waals surface area contributed by atoms with Crippen LogP contribution in [0.3, 0.4) is 0 Å². The van der Waals surface area contributed by atoms with E-state index in [4.69, 9.17) is 4.42 Å². The molecule has 1 aliphatic heterocycles. The van der Waals surface area contributed by atoms with Crippen LogP contribution in [-0.2, 0) is 0 Å². The average Bonchev–Trinajstić information content (AvgIpc) is 3.23. The molecule has 5 heteroatoms. The molecule has 3 aromatic rings. The van der Waals surface area contributed by atoms with Gasteiger partial charge in [-0.05, 0) is 22.9 Å². The van der Waals surface area contributed by atoms with Crippen LogP contribution in [0.5, 0.6) is 0 Å². The third-order valence-corrected chi connectivity index (χ3v) is 5.85. The Balaban J connectivity index is 1.52. The Bertz CT molecular complexity index is 867. The van der Waals surface area contributed by atoms with Crippen molar-refractivity contribution in [2.45, 2.75) is 6.04 Å². The van der Waals surface area contributed by atoms with Crippen molar-refractivity contribution in [3.05, 3.63) is 72.2 Å². The van der Waals surface area contributed by atoms with Crippen LogP contribution >= 0.6 is 11.8 Å². The van der Waals surface area contributed by atoms with Crippen molar-refractivity contribution < 1.29 is 9.21 Å². The van der Waals surface area contributed by atoms with Crippen LogP contribution in [-0.4, -0.2) is 41.9 Å². The molecule has 1 atom stereocenters. The van der Waals surface area contributed by atoms with E-state index in [1.165, 1.54) is 0 Å². The zero-order chi connectivity index (χ0) is 17.8. The molecule has 1 amide bonds. The molecule has 1 aromatic heterocycles. The van der Waals surface area contributed by atoms with Crippen molar-refractivity contribution in [2.24, 2.45) is 0 Å². The summed E-state index contributed by atoms with van der Waals surface area (Å²) in [5.74, 6) is 2.23. The minimum absolute atomic E-state index is 0.0262. The molecule has 0 unspecified atom stereocenters. The maximum atomic E-state index is 12.9. The third kappa shape index (κ3) is 3.64. The van der Waals surface area contributed by atoms with Gasteiger partial charge in [-0.25, -0.2) is 0 Å². The monoisotopic (exact) mass is 366 g/mol. The largest absolute Gasteiger partial charge is 0.472 e. The van der Waals surface area contributed by atoms with Gasteiger partial charge in [0.05, 0.1) is 18.6 Å². The van der Waals surface area contributed by atoms with Crippen LogP contribution in [0, 0.1) is 0 Å². The first-order valence-corrected chi connectivity index (χ1v) is 10.1. The predicted octanol–water partition coefficient (Wildman–Crippen LogP) is 3.95. The first kappa shape index (κ1) is 17.2. The second kappa shape index (κ2) is 7.98. The van der Waals surface area contributed by atoms with Gasteiger partial charge in [0, 0.05) is 42.3 Å². The molecule has 1 fully saturated rings. The van der Waals surface area contributed by atoms with E-state index in [0.29, 0.717) is 6.54 Å². The minimum Gasteiger partial charge on any atom is -0.472 e. The summed E-state index contributed by atoms with van der Waals surface area (Å²) in [6, 6.07) is 16.0. The molecule has 134 valence electrons. The first-order chi connectivity index (χ1) is 12.8. The Morgan fingerprint density at radius 1 is 1.12 bits per heavy atom. The Kier molecular flexibility index (Phi) is 5.27. The summed E-state index contributed by atoms with van der Waals surface area (Å²) < 4.78 is 5.29. The second-order valence-corrected chi connectivity index (χ2v) is 7.68. The highest BCUT2D eigenvalue weighted by Crippen LogP contribution is 2.25. The molecular weight excluding hydrogens is 344 g/mol. The van der Waals surface area contributed by atoms with Crippen molar-refractivity contribution in [1.82, 2.24) is 10.2 Å². The van der Waals surface area contributed by atoms with Crippen molar-refractivity contribution in [2.75, 3.05) is 31.1 Å². The molecule has 0 aliphatic carbocycles. The molecular formula is C21H22N2O2S. The van der Waals surface area contributed by atoms with Gasteiger partial charge in [0.25, 0.3) is 5.91 Å². The first-order valence-electron chi connectivity index (χ1n) is 8.93. The standard InChI is InChI=1S/C21H22N2O2S/c24-21(19-7-3-5-16-4-1-2-6-18(16)19)22-14-20(17-8-11-25-15-17)23-9-12-26-13-10-23/h1-8,11,15,20H,9-10,12-14H2,(H,22,24)/t20-/m0/s1. The molecule has 0 spiro atoms. The van der Waals surface area contributed by atoms with Crippen molar-refractivity contribution in [3.63, 3.8) is 0 Å². The van der Waals surface area contributed by atoms with Crippen LogP contribution in [0.15, 0.2) is 65.5 Å². The van der Waals surface area contributed by atoms with Gasteiger partial charge >= 0.3 is 0 Å². The SMILES string of the molecule is O=C(NC[C@@H](c1ccoc1)N1CCSCC1)c1cccc2ccccc12. The van der Waals surface area contributed by atoms with Gasteiger partial charge in [-0.15, -0.1) is 0 Å². The lowest BCUT2D eigenvalue weighted by Crippen LogP contribution is -2.42. The fraction of sp³-hybridized carbons (Fsp3) is 0.286. The number of carbonyl (C=O) groups excluding carboxylic acids is 1. The fourth-order valence-electron chi connectivity index (χ4n) is 3.52. The fourth-order valence-corrected chi connectivity index (χ4v) is 4.45. The number of thioether (sulfide) groups is 1. The summed E-state index contributed by atoms with van der Waals surface area (Å²) in [4.78, 5) is 15.3. The lowest BCUT2D eigenvalue weighted by Gasteiger charge is -2.34. The molecule has 4 rings (SSSR count). The minimum atomic E-state index is -0.0262. The summed E-state index contributed by atoms with van der Waals surface area (Å²) in [5, 5.41) is 5.22. The van der Waals surface area contributed by atoms with Gasteiger partial charge in [0.15, 0.2) is 0 Å². The maximum absolute atomic E-state index is 12.9. The van der Waals surface area contributed by atoms with Gasteiger partial charge in [0.1, 0.15) is 0 Å². The predicted molar refractivity (Wildman–Crippen MR) is 107 cm³/mol. The summed E-state index contributed by atoms with van der Waals surface area (Å²) in [5.41, 5.74) is 1.85. The number of nitrogens with zero attached hydrogens (tertiary/aromatic N) is 1. The Morgan fingerprint density at radius 3 is 2.73 bits per heavy atom. The smallest absolute Gasteiger partial charge is 0.251 e. The topological polar surface area (TPSA) is 45.5 Å². The van der Waals surface area contributed by atoms with Crippen LogP contribution in [0.2, 0.25) is 0 Å². The lowest BCUT2D eigenvalue weighted by atomic mass is 10.0. The summed E-state index contributed by atoms with van der Waals surface area (Å²) in [6.07, 6.45) is 3.49. The molecule has 0 saturated carbocycles. The van der Waals surface area contributed by atoms with Crippen LogP contribution < -0.4 is 5.32 Å². The van der Waals surface area contributed by atoms with Gasteiger partial charge in [0.2, 0.25) is 0 Å². The molecule has 1 aliphatic rings. The van der Waals surface area contributed by atoms with Crippen molar-refractivity contribution in [3.8, 4) is 0 Å². The highest BCUT2D eigenvalue weighted by Gasteiger charge is 2.24. The summed E-state index contributed by atoms with van der Waals surface area (Å²) >= 11 is 1.98. The molecule has 0 bridgehead atoms. The van der Waals surface area contributed by atoms with E-state index in [0.717, 1.165) is 46.5 Å². The van der Waals surface area contributed by atoms with Gasteiger partial charge in [-0.3, -0.25) is 9.69 Å². The molecule has 0 radical (unpaired) electrons. The second-order valence-electron chi connectivity index (χ2n) is 6.46. The Labute approximate surface area is 157 Å². The molecule has 1 saturated heterocycles. The normalized spacial score (nSPS) is 16.5. The molecule has 4 nitrogen and oxygen atoms in total. The molecule has 2 heterocycles. The number of nitrogens with one attached hydrogen (secondary N) is 1. The zero-order valence-electron chi connectivity index (χ0n) is 14.6. The van der Waals surface area contributed by atoms with Crippen molar-refractivity contribution in [1.29, 1.82) is 0 Å². The summed E-state index contributed by atoms with van der Waals surface area (Å²) in [6.45, 7) is 2.64. The quantitative estimate of drug-likeness (QED) is 0.743. The number of carbonyl (C=O) groups is 1. The van der Waals surface area contributed by atoms with E-state index in [2.05, 4.69) is 10.2 Å². The van der Waals surface area contributed by atoms with E-state index in [1.807, 2.05) is 60.3 Å². The average molecular weight is 366 g/mol. The number of furan rings is 1. The van der Waals surface area contributed by atoms with Gasteiger partial charge < -0.3 is 9.73 Å². The molecule has 26 heavy (non-hydrogen) atoms. The van der Waals surface area contributed by atoms with E-state index < -0.39 is 0 Å². The van der Waals surface area contributed by atoms with E-state index in [9.17, 15) is 4.79 Å². The highest BCUT2D eigenvalue weighted by atomic mass is 32.2. The van der Waals surface area contributed by atoms with Gasteiger partial charge in [-0.1, -0.05) is 36.4 Å². The molecule has 2 aromatic carbocycles. The number of hydrogen-bond acceptors (Lipinski definition) is 4.